The summed E-state index contributed by atoms with van der Waals surface area (Å²) < 4.78 is 21.2. The molecule has 0 saturated heterocycles. The minimum Gasteiger partial charge on any atom is -0.433 e. The summed E-state index contributed by atoms with van der Waals surface area (Å²) in [5, 5.41) is -1.17. The van der Waals surface area contributed by atoms with Crippen molar-refractivity contribution in [1.82, 2.24) is 0 Å². The van der Waals surface area contributed by atoms with Crippen LogP contribution in [-0.4, -0.2) is 22.5 Å². The Kier molecular flexibility index (Phi) is 5.94. The monoisotopic (exact) mass is 250 g/mol. The molecule has 0 aliphatic rings. The summed E-state index contributed by atoms with van der Waals surface area (Å²) in [5.74, 6) is -0.580. The van der Waals surface area contributed by atoms with E-state index in [-0.39, 0.29) is 5.57 Å². The Hall–Kier alpha value is -0.640. The van der Waals surface area contributed by atoms with Crippen molar-refractivity contribution >= 4 is 14.0 Å². The zero-order valence-electron chi connectivity index (χ0n) is 10.1. The molecule has 0 rings (SSSR count). The van der Waals surface area contributed by atoms with E-state index in [0.717, 1.165) is 0 Å². The Balaban J connectivity index is 4.43. The van der Waals surface area contributed by atoms with Gasteiger partial charge in [-0.3, -0.25) is 4.57 Å². The Labute approximate surface area is 96.3 Å². The molecule has 0 radical (unpaired) electrons. The van der Waals surface area contributed by atoms with Crippen molar-refractivity contribution in [1.29, 1.82) is 0 Å². The number of carbonyl (C=O) groups excluding carboxylic acids is 1. The third kappa shape index (κ3) is 4.47. The number of hydrogen-bond donors (Lipinski definition) is 1. The van der Waals surface area contributed by atoms with Gasteiger partial charge in [-0.05, 0) is 27.2 Å². The van der Waals surface area contributed by atoms with E-state index in [9.17, 15) is 9.36 Å². The summed E-state index contributed by atoms with van der Waals surface area (Å²) in [7, 11) is -2.86. The van der Waals surface area contributed by atoms with E-state index < -0.39 is 25.6 Å². The molecule has 3 atom stereocenters. The summed E-state index contributed by atoms with van der Waals surface area (Å²) in [5.41, 5.74) is 0.255. The average molecular weight is 250 g/mol. The molecule has 1 N–H and O–H groups in total. The van der Waals surface area contributed by atoms with E-state index in [0.29, 0.717) is 6.42 Å². The van der Waals surface area contributed by atoms with E-state index in [4.69, 9.17) is 14.4 Å². The van der Waals surface area contributed by atoms with E-state index in [1.54, 1.807) is 6.92 Å². The third-order valence-electron chi connectivity index (χ3n) is 2.17. The Morgan fingerprint density at radius 3 is 2.44 bits per heavy atom. The summed E-state index contributed by atoms with van der Waals surface area (Å²) in [6, 6.07) is 0. The van der Waals surface area contributed by atoms with Gasteiger partial charge in [-0.25, -0.2) is 4.79 Å². The van der Waals surface area contributed by atoms with Gasteiger partial charge in [0.25, 0.3) is 0 Å². The Bertz CT molecular complexity index is 302. The first kappa shape index (κ1) is 15.4. The van der Waals surface area contributed by atoms with Crippen LogP contribution in [0.1, 0.15) is 34.1 Å². The first-order valence-corrected chi connectivity index (χ1v) is 6.36. The second-order valence-corrected chi connectivity index (χ2v) is 5.43. The van der Waals surface area contributed by atoms with Gasteiger partial charge in [-0.15, -0.1) is 0 Å². The predicted octanol–water partition coefficient (Wildman–Crippen LogP) is 2.06. The van der Waals surface area contributed by atoms with Crippen molar-refractivity contribution < 1.29 is 23.7 Å². The second-order valence-electron chi connectivity index (χ2n) is 3.76. The van der Waals surface area contributed by atoms with Crippen molar-refractivity contribution in [3.05, 3.63) is 12.2 Å². The molecule has 0 aromatic rings. The maximum atomic E-state index is 11.2. The molecule has 0 amide bonds. The zero-order chi connectivity index (χ0) is 12.9. The molecule has 0 heterocycles. The fourth-order valence-corrected chi connectivity index (χ4v) is 1.50. The van der Waals surface area contributed by atoms with Gasteiger partial charge in [0.1, 0.15) is 5.34 Å². The molecule has 2 unspecified atom stereocenters. The molecule has 0 aliphatic carbocycles. The molecule has 0 aliphatic heterocycles. The van der Waals surface area contributed by atoms with E-state index in [1.807, 2.05) is 0 Å². The van der Waals surface area contributed by atoms with Crippen LogP contribution in [-0.2, 0) is 18.8 Å². The topological polar surface area (TPSA) is 72.8 Å². The van der Waals surface area contributed by atoms with Gasteiger partial charge in [0.05, 0.1) is 0 Å². The quantitative estimate of drug-likeness (QED) is 0.338. The number of rotatable bonds is 6. The average Bonchev–Trinajstić information content (AvgIpc) is 2.16. The van der Waals surface area contributed by atoms with Crippen LogP contribution in [0.4, 0.5) is 0 Å². The standard InChI is InChI=1S/C10H19O5P/c1-6-10(5,16(12)13)15-8(4)14-9(11)7(2)3/h8,16H,2,6H2,1,3-5H3,(H,12,13)/t8?,10-/m0/s1. The lowest BCUT2D eigenvalue weighted by atomic mass is 10.3. The van der Waals surface area contributed by atoms with Crippen molar-refractivity contribution in [2.75, 3.05) is 0 Å². The molecule has 0 spiro atoms. The van der Waals surface area contributed by atoms with Crippen LogP contribution in [0.25, 0.3) is 0 Å². The zero-order valence-corrected chi connectivity index (χ0v) is 11.1. The Morgan fingerprint density at radius 2 is 2.12 bits per heavy atom. The molecule has 0 bridgehead atoms. The molecular weight excluding hydrogens is 231 g/mol. The third-order valence-corrected chi connectivity index (χ3v) is 3.55. The largest absolute Gasteiger partial charge is 0.433 e. The van der Waals surface area contributed by atoms with E-state index >= 15 is 0 Å². The maximum absolute atomic E-state index is 11.2. The van der Waals surface area contributed by atoms with E-state index in [2.05, 4.69) is 6.58 Å². The van der Waals surface area contributed by atoms with Gasteiger partial charge >= 0.3 is 5.97 Å². The highest BCUT2D eigenvalue weighted by Crippen LogP contribution is 2.39. The van der Waals surface area contributed by atoms with Crippen molar-refractivity contribution in [3.8, 4) is 0 Å². The molecule has 0 fully saturated rings. The van der Waals surface area contributed by atoms with Crippen LogP contribution >= 0.6 is 8.03 Å². The lowest BCUT2D eigenvalue weighted by molar-refractivity contribution is -0.186. The normalized spacial score (nSPS) is 18.3. The van der Waals surface area contributed by atoms with Crippen LogP contribution < -0.4 is 0 Å². The predicted molar refractivity (Wildman–Crippen MR) is 61.4 cm³/mol. The lowest BCUT2D eigenvalue weighted by Gasteiger charge is -2.28. The van der Waals surface area contributed by atoms with Crippen LogP contribution in [0.2, 0.25) is 0 Å². The minimum atomic E-state index is -2.86. The summed E-state index contributed by atoms with van der Waals surface area (Å²) in [4.78, 5) is 20.3. The number of carbonyl (C=O) groups is 1. The van der Waals surface area contributed by atoms with Gasteiger partial charge in [0.2, 0.25) is 14.3 Å². The number of hydrogen-bond acceptors (Lipinski definition) is 4. The van der Waals surface area contributed by atoms with E-state index in [1.165, 1.54) is 20.8 Å². The highest BCUT2D eigenvalue weighted by molar-refractivity contribution is 7.39. The van der Waals surface area contributed by atoms with Crippen LogP contribution in [0.3, 0.4) is 0 Å². The molecule has 0 aromatic heterocycles. The first-order valence-electron chi connectivity index (χ1n) is 5.00. The molecule has 94 valence electrons. The molecule has 0 aromatic carbocycles. The van der Waals surface area contributed by atoms with Crippen LogP contribution in [0.5, 0.6) is 0 Å². The second kappa shape index (κ2) is 6.18. The smallest absolute Gasteiger partial charge is 0.335 e. The minimum absolute atomic E-state index is 0.255. The molecule has 16 heavy (non-hydrogen) atoms. The fraction of sp³-hybridized carbons (Fsp3) is 0.700. The lowest BCUT2D eigenvalue weighted by Crippen LogP contribution is -2.31. The van der Waals surface area contributed by atoms with Crippen LogP contribution in [0, 0.1) is 0 Å². The van der Waals surface area contributed by atoms with Crippen LogP contribution in [0.15, 0.2) is 12.2 Å². The van der Waals surface area contributed by atoms with Gasteiger partial charge in [-0.2, -0.15) is 0 Å². The fourth-order valence-electron chi connectivity index (χ4n) is 0.927. The summed E-state index contributed by atoms with van der Waals surface area (Å²) in [6.45, 7) is 9.68. The molecule has 0 saturated carbocycles. The van der Waals surface area contributed by atoms with Crippen molar-refractivity contribution in [2.45, 2.75) is 45.7 Å². The maximum Gasteiger partial charge on any atom is 0.335 e. The van der Waals surface area contributed by atoms with Gasteiger partial charge < -0.3 is 14.4 Å². The Morgan fingerprint density at radius 1 is 1.62 bits per heavy atom. The van der Waals surface area contributed by atoms with Crippen molar-refractivity contribution in [3.63, 3.8) is 0 Å². The first-order chi connectivity index (χ1) is 7.23. The van der Waals surface area contributed by atoms with Gasteiger partial charge in [0.15, 0.2) is 0 Å². The SMILES string of the molecule is C=C(C)C(=O)OC(C)O[C@](C)(CC)[PH](=O)O. The molecular formula is C10H19O5P. The van der Waals surface area contributed by atoms with Crippen molar-refractivity contribution in [2.24, 2.45) is 0 Å². The number of esters is 1. The highest BCUT2D eigenvalue weighted by atomic mass is 31.1. The van der Waals surface area contributed by atoms with Gasteiger partial charge in [-0.1, -0.05) is 13.5 Å². The highest BCUT2D eigenvalue weighted by Gasteiger charge is 2.32. The molecule has 5 nitrogen and oxygen atoms in total. The molecule has 6 heteroatoms. The number of ether oxygens (including phenoxy) is 2. The summed E-state index contributed by atoms with van der Waals surface area (Å²) in [6.07, 6.45) is -0.522. The summed E-state index contributed by atoms with van der Waals surface area (Å²) >= 11 is 0. The van der Waals surface area contributed by atoms with Gasteiger partial charge in [0, 0.05) is 5.57 Å².